The van der Waals surface area contributed by atoms with Crippen molar-refractivity contribution in [2.45, 2.75) is 12.5 Å². The number of hydrogen-bond acceptors (Lipinski definition) is 3. The molecule has 1 atom stereocenters. The van der Waals surface area contributed by atoms with Crippen molar-refractivity contribution in [2.75, 3.05) is 0 Å². The summed E-state index contributed by atoms with van der Waals surface area (Å²) < 4.78 is 0. The van der Waals surface area contributed by atoms with Crippen molar-refractivity contribution in [3.8, 4) is 0 Å². The van der Waals surface area contributed by atoms with Crippen LogP contribution in [0.2, 0.25) is 5.02 Å². The van der Waals surface area contributed by atoms with E-state index in [1.165, 1.54) is 0 Å². The Morgan fingerprint density at radius 2 is 1.59 bits per heavy atom. The maximum atomic E-state index is 12.7. The van der Waals surface area contributed by atoms with Crippen LogP contribution in [-0.4, -0.2) is 22.7 Å². The van der Waals surface area contributed by atoms with Gasteiger partial charge >= 0.3 is 0 Å². The van der Waals surface area contributed by atoms with Crippen LogP contribution in [0.3, 0.4) is 0 Å². The summed E-state index contributed by atoms with van der Waals surface area (Å²) in [5.41, 5.74) is 6.07. The molecule has 0 spiro atoms. The van der Waals surface area contributed by atoms with Crippen molar-refractivity contribution in [1.29, 1.82) is 0 Å². The highest BCUT2D eigenvalue weighted by Crippen LogP contribution is 2.20. The van der Waals surface area contributed by atoms with Crippen LogP contribution in [0, 0.1) is 0 Å². The van der Waals surface area contributed by atoms with E-state index in [1.54, 1.807) is 42.6 Å². The van der Waals surface area contributed by atoms with Crippen LogP contribution in [0.1, 0.15) is 38.9 Å². The number of hydrogen-bond donors (Lipinski definition) is 4. The predicted molar refractivity (Wildman–Crippen MR) is 109 cm³/mol. The SMILES string of the molecule is O=C(CC(NC(=O)c1ccccc1Cl)c1ccccc1)NNC(=O)c1ccc[nH]1. The lowest BCUT2D eigenvalue weighted by atomic mass is 10.0. The quantitative estimate of drug-likeness (QED) is 0.469. The van der Waals surface area contributed by atoms with Gasteiger partial charge in [-0.15, -0.1) is 0 Å². The van der Waals surface area contributed by atoms with Gasteiger partial charge < -0.3 is 10.3 Å². The Bertz CT molecular complexity index is 990. The average Bonchev–Trinajstić information content (AvgIpc) is 3.27. The van der Waals surface area contributed by atoms with E-state index in [1.807, 2.05) is 30.3 Å². The molecule has 8 heteroatoms. The third kappa shape index (κ3) is 5.46. The normalized spacial score (nSPS) is 11.3. The Balaban J connectivity index is 1.67. The Kier molecular flexibility index (Phi) is 6.65. The van der Waals surface area contributed by atoms with Crippen LogP contribution in [0.15, 0.2) is 72.9 Å². The lowest BCUT2D eigenvalue weighted by Crippen LogP contribution is -2.43. The molecule has 0 saturated carbocycles. The van der Waals surface area contributed by atoms with E-state index < -0.39 is 23.8 Å². The Hall–Kier alpha value is -3.58. The standard InChI is InChI=1S/C21H19ClN4O3/c22-16-10-5-4-9-15(16)20(28)24-18(14-7-2-1-3-8-14)13-19(27)25-26-21(29)17-11-6-12-23-17/h1-12,18,23H,13H2,(H,24,28)(H,25,27)(H,26,29). The predicted octanol–water partition coefficient (Wildman–Crippen LogP) is 2.99. The zero-order valence-corrected chi connectivity index (χ0v) is 16.1. The summed E-state index contributed by atoms with van der Waals surface area (Å²) in [6.07, 6.45) is 1.53. The van der Waals surface area contributed by atoms with Gasteiger partial charge in [0, 0.05) is 6.20 Å². The van der Waals surface area contributed by atoms with E-state index >= 15 is 0 Å². The van der Waals surface area contributed by atoms with E-state index in [9.17, 15) is 14.4 Å². The second-order valence-electron chi connectivity index (χ2n) is 6.21. The van der Waals surface area contributed by atoms with Crippen molar-refractivity contribution >= 4 is 29.3 Å². The number of rotatable bonds is 6. The number of carbonyl (C=O) groups is 3. The molecular weight excluding hydrogens is 392 g/mol. The molecule has 1 aromatic heterocycles. The number of benzene rings is 2. The Labute approximate surface area is 172 Å². The van der Waals surface area contributed by atoms with Gasteiger partial charge in [-0.25, -0.2) is 0 Å². The molecule has 0 fully saturated rings. The summed E-state index contributed by atoms with van der Waals surface area (Å²) in [4.78, 5) is 39.7. The first-order valence-corrected chi connectivity index (χ1v) is 9.25. The molecule has 7 nitrogen and oxygen atoms in total. The summed E-state index contributed by atoms with van der Waals surface area (Å²) in [6, 6.07) is 18.4. The van der Waals surface area contributed by atoms with E-state index in [-0.39, 0.29) is 6.42 Å². The molecule has 0 aliphatic carbocycles. The van der Waals surface area contributed by atoms with Crippen molar-refractivity contribution < 1.29 is 14.4 Å². The maximum Gasteiger partial charge on any atom is 0.286 e. The molecule has 0 saturated heterocycles. The summed E-state index contributed by atoms with van der Waals surface area (Å²) in [5, 5.41) is 3.15. The molecule has 3 rings (SSSR count). The fraction of sp³-hybridized carbons (Fsp3) is 0.0952. The monoisotopic (exact) mass is 410 g/mol. The largest absolute Gasteiger partial charge is 0.357 e. The number of amides is 3. The van der Waals surface area contributed by atoms with E-state index in [2.05, 4.69) is 21.2 Å². The van der Waals surface area contributed by atoms with Crippen LogP contribution < -0.4 is 16.2 Å². The first kappa shape index (κ1) is 20.2. The number of aromatic nitrogens is 1. The molecule has 4 N–H and O–H groups in total. The van der Waals surface area contributed by atoms with Crippen LogP contribution in [-0.2, 0) is 4.79 Å². The highest BCUT2D eigenvalue weighted by molar-refractivity contribution is 6.33. The maximum absolute atomic E-state index is 12.7. The molecule has 1 unspecified atom stereocenters. The smallest absolute Gasteiger partial charge is 0.286 e. The molecule has 29 heavy (non-hydrogen) atoms. The van der Waals surface area contributed by atoms with Crippen molar-refractivity contribution in [1.82, 2.24) is 21.2 Å². The van der Waals surface area contributed by atoms with Gasteiger partial charge in [0.1, 0.15) is 5.69 Å². The number of halogens is 1. The Morgan fingerprint density at radius 1 is 0.862 bits per heavy atom. The van der Waals surface area contributed by atoms with Crippen molar-refractivity contribution in [2.24, 2.45) is 0 Å². The second kappa shape index (κ2) is 9.57. The minimum Gasteiger partial charge on any atom is -0.357 e. The van der Waals surface area contributed by atoms with Gasteiger partial charge in [0.2, 0.25) is 5.91 Å². The van der Waals surface area contributed by atoms with Gasteiger partial charge in [0.15, 0.2) is 0 Å². The lowest BCUT2D eigenvalue weighted by Gasteiger charge is -2.19. The topological polar surface area (TPSA) is 103 Å². The summed E-state index contributed by atoms with van der Waals surface area (Å²) in [6.45, 7) is 0. The molecule has 148 valence electrons. The first-order chi connectivity index (χ1) is 14.0. The third-order valence-electron chi connectivity index (χ3n) is 4.17. The molecule has 3 aromatic rings. The van der Waals surface area contributed by atoms with Gasteiger partial charge in [0.05, 0.1) is 23.0 Å². The van der Waals surface area contributed by atoms with Crippen LogP contribution >= 0.6 is 11.6 Å². The summed E-state index contributed by atoms with van der Waals surface area (Å²) in [5.74, 6) is -1.33. The summed E-state index contributed by atoms with van der Waals surface area (Å²) >= 11 is 6.10. The number of aromatic amines is 1. The minimum absolute atomic E-state index is 0.0782. The van der Waals surface area contributed by atoms with Crippen LogP contribution in [0.5, 0.6) is 0 Å². The molecule has 0 radical (unpaired) electrons. The fourth-order valence-corrected chi connectivity index (χ4v) is 2.94. The van der Waals surface area contributed by atoms with Gasteiger partial charge in [-0.1, -0.05) is 54.1 Å². The van der Waals surface area contributed by atoms with Gasteiger partial charge in [-0.3, -0.25) is 25.2 Å². The molecule has 2 aromatic carbocycles. The van der Waals surface area contributed by atoms with Crippen LogP contribution in [0.25, 0.3) is 0 Å². The van der Waals surface area contributed by atoms with Gasteiger partial charge in [-0.2, -0.15) is 0 Å². The second-order valence-corrected chi connectivity index (χ2v) is 6.61. The number of carbonyl (C=O) groups excluding carboxylic acids is 3. The zero-order valence-electron chi connectivity index (χ0n) is 15.3. The third-order valence-corrected chi connectivity index (χ3v) is 4.50. The average molecular weight is 411 g/mol. The minimum atomic E-state index is -0.609. The van der Waals surface area contributed by atoms with E-state index in [0.717, 1.165) is 5.56 Å². The fourth-order valence-electron chi connectivity index (χ4n) is 2.72. The number of hydrazine groups is 1. The lowest BCUT2D eigenvalue weighted by molar-refractivity contribution is -0.122. The molecule has 0 aliphatic heterocycles. The number of nitrogens with one attached hydrogen (secondary N) is 4. The molecule has 3 amide bonds. The first-order valence-electron chi connectivity index (χ1n) is 8.87. The van der Waals surface area contributed by atoms with E-state index in [0.29, 0.717) is 16.3 Å². The Morgan fingerprint density at radius 3 is 2.28 bits per heavy atom. The zero-order chi connectivity index (χ0) is 20.6. The molecule has 0 bridgehead atoms. The highest BCUT2D eigenvalue weighted by atomic mass is 35.5. The summed E-state index contributed by atoms with van der Waals surface area (Å²) in [7, 11) is 0. The molecule has 1 heterocycles. The highest BCUT2D eigenvalue weighted by Gasteiger charge is 2.20. The van der Waals surface area contributed by atoms with E-state index in [4.69, 9.17) is 11.6 Å². The van der Waals surface area contributed by atoms with Crippen LogP contribution in [0.4, 0.5) is 0 Å². The number of H-pyrrole nitrogens is 1. The van der Waals surface area contributed by atoms with Gasteiger partial charge in [-0.05, 0) is 29.8 Å². The molecular formula is C21H19ClN4O3. The molecule has 0 aliphatic rings. The van der Waals surface area contributed by atoms with Gasteiger partial charge in [0.25, 0.3) is 11.8 Å². The van der Waals surface area contributed by atoms with Crippen molar-refractivity contribution in [3.63, 3.8) is 0 Å². The van der Waals surface area contributed by atoms with Crippen molar-refractivity contribution in [3.05, 3.63) is 94.8 Å².